The molecule has 4 nitrogen and oxygen atoms in total. The molecular formula is C19H20O4. The van der Waals surface area contributed by atoms with Gasteiger partial charge >= 0.3 is 5.97 Å². The van der Waals surface area contributed by atoms with Gasteiger partial charge in [0, 0.05) is 11.6 Å². The molecule has 0 amide bonds. The third kappa shape index (κ3) is 4.88. The quantitative estimate of drug-likeness (QED) is 0.787. The van der Waals surface area contributed by atoms with E-state index in [1.165, 1.54) is 5.56 Å². The minimum Gasteiger partial charge on any atom is -0.496 e. The molecule has 0 aliphatic carbocycles. The lowest BCUT2D eigenvalue weighted by Crippen LogP contribution is -1.99. The lowest BCUT2D eigenvalue weighted by Gasteiger charge is -2.12. The van der Waals surface area contributed by atoms with Gasteiger partial charge in [0.25, 0.3) is 0 Å². The number of aryl methyl sites for hydroxylation is 1. The van der Waals surface area contributed by atoms with Crippen molar-refractivity contribution < 1.29 is 19.4 Å². The standard InChI is InChI=1S/C19H20O4/c1-3-14-5-4-6-17(12-14)23-13-16-11-15(8-10-19(20)21)7-9-18(16)22-2/h4-12H,3,13H2,1-2H3,(H,20,21). The van der Waals surface area contributed by atoms with Gasteiger partial charge in [-0.05, 0) is 47.9 Å². The first kappa shape index (κ1) is 16.6. The Hall–Kier alpha value is -2.75. The predicted octanol–water partition coefficient (Wildman–Crippen LogP) is 3.93. The third-order valence-electron chi connectivity index (χ3n) is 3.42. The van der Waals surface area contributed by atoms with Gasteiger partial charge in [-0.3, -0.25) is 0 Å². The van der Waals surface area contributed by atoms with Gasteiger partial charge in [0.2, 0.25) is 0 Å². The van der Waals surface area contributed by atoms with Gasteiger partial charge in [-0.1, -0.05) is 25.1 Å². The van der Waals surface area contributed by atoms with Gasteiger partial charge in [-0.25, -0.2) is 4.79 Å². The SMILES string of the molecule is CCc1cccc(OCc2cc(C=CC(=O)O)ccc2OC)c1. The molecule has 2 rings (SSSR count). The van der Waals surface area contributed by atoms with Crippen LogP contribution in [0.5, 0.6) is 11.5 Å². The Morgan fingerprint density at radius 1 is 1.22 bits per heavy atom. The number of hydrogen-bond acceptors (Lipinski definition) is 3. The largest absolute Gasteiger partial charge is 0.496 e. The summed E-state index contributed by atoms with van der Waals surface area (Å²) in [6.45, 7) is 2.45. The van der Waals surface area contributed by atoms with Crippen molar-refractivity contribution in [3.63, 3.8) is 0 Å². The Morgan fingerprint density at radius 2 is 2.04 bits per heavy atom. The predicted molar refractivity (Wildman–Crippen MR) is 89.8 cm³/mol. The van der Waals surface area contributed by atoms with E-state index in [1.807, 2.05) is 30.3 Å². The first-order valence-electron chi connectivity index (χ1n) is 7.42. The van der Waals surface area contributed by atoms with Crippen LogP contribution >= 0.6 is 0 Å². The summed E-state index contributed by atoms with van der Waals surface area (Å²) in [4.78, 5) is 10.6. The smallest absolute Gasteiger partial charge is 0.328 e. The highest BCUT2D eigenvalue weighted by Crippen LogP contribution is 2.23. The molecule has 0 aromatic heterocycles. The van der Waals surface area contributed by atoms with Crippen LogP contribution in [0.25, 0.3) is 6.08 Å². The van der Waals surface area contributed by atoms with Crippen LogP contribution in [-0.2, 0) is 17.8 Å². The fourth-order valence-corrected chi connectivity index (χ4v) is 2.20. The molecule has 0 saturated carbocycles. The third-order valence-corrected chi connectivity index (χ3v) is 3.42. The van der Waals surface area contributed by atoms with Gasteiger partial charge in [0.05, 0.1) is 7.11 Å². The van der Waals surface area contributed by atoms with Crippen molar-refractivity contribution in [1.82, 2.24) is 0 Å². The fourth-order valence-electron chi connectivity index (χ4n) is 2.20. The number of methoxy groups -OCH3 is 1. The summed E-state index contributed by atoms with van der Waals surface area (Å²) in [6.07, 6.45) is 3.61. The number of benzene rings is 2. The van der Waals surface area contributed by atoms with Crippen LogP contribution in [0.1, 0.15) is 23.6 Å². The van der Waals surface area contributed by atoms with Crippen molar-refractivity contribution in [3.8, 4) is 11.5 Å². The number of carboxylic acids is 1. The molecule has 0 bridgehead atoms. The molecule has 4 heteroatoms. The van der Waals surface area contributed by atoms with E-state index >= 15 is 0 Å². The fraction of sp³-hybridized carbons (Fsp3) is 0.211. The van der Waals surface area contributed by atoms with E-state index in [4.69, 9.17) is 14.6 Å². The van der Waals surface area contributed by atoms with Crippen molar-refractivity contribution in [2.45, 2.75) is 20.0 Å². The summed E-state index contributed by atoms with van der Waals surface area (Å²) >= 11 is 0. The Morgan fingerprint density at radius 3 is 2.74 bits per heavy atom. The number of aliphatic carboxylic acids is 1. The lowest BCUT2D eigenvalue weighted by molar-refractivity contribution is -0.131. The monoisotopic (exact) mass is 312 g/mol. The van der Waals surface area contributed by atoms with Crippen LogP contribution in [0.2, 0.25) is 0 Å². The average Bonchev–Trinajstić information content (AvgIpc) is 2.58. The number of rotatable bonds is 7. The molecule has 0 saturated heterocycles. The van der Waals surface area contributed by atoms with E-state index in [2.05, 4.69) is 13.0 Å². The second kappa shape index (κ2) is 8.03. The van der Waals surface area contributed by atoms with Crippen LogP contribution in [0.3, 0.4) is 0 Å². The maximum Gasteiger partial charge on any atom is 0.328 e. The van der Waals surface area contributed by atoms with Crippen molar-refractivity contribution in [2.75, 3.05) is 7.11 Å². The van der Waals surface area contributed by atoms with Crippen molar-refractivity contribution in [2.24, 2.45) is 0 Å². The van der Waals surface area contributed by atoms with E-state index in [0.717, 1.165) is 29.4 Å². The second-order valence-corrected chi connectivity index (χ2v) is 5.03. The molecule has 2 aromatic carbocycles. The van der Waals surface area contributed by atoms with Gasteiger partial charge in [0.1, 0.15) is 18.1 Å². The van der Waals surface area contributed by atoms with Gasteiger partial charge < -0.3 is 14.6 Å². The lowest BCUT2D eigenvalue weighted by atomic mass is 10.1. The molecule has 1 N–H and O–H groups in total. The molecule has 0 atom stereocenters. The summed E-state index contributed by atoms with van der Waals surface area (Å²) in [6, 6.07) is 13.4. The number of ether oxygens (including phenoxy) is 2. The molecule has 0 fully saturated rings. The Bertz CT molecular complexity index is 704. The molecule has 120 valence electrons. The molecule has 0 aliphatic heterocycles. The van der Waals surface area contributed by atoms with Crippen LogP contribution in [-0.4, -0.2) is 18.2 Å². The van der Waals surface area contributed by atoms with E-state index in [-0.39, 0.29) is 0 Å². The highest BCUT2D eigenvalue weighted by molar-refractivity contribution is 5.85. The van der Waals surface area contributed by atoms with Crippen molar-refractivity contribution in [3.05, 3.63) is 65.2 Å². The van der Waals surface area contributed by atoms with Crippen molar-refractivity contribution >= 4 is 12.0 Å². The van der Waals surface area contributed by atoms with E-state index in [9.17, 15) is 4.79 Å². The molecule has 0 unspecified atom stereocenters. The zero-order valence-corrected chi connectivity index (χ0v) is 13.3. The highest BCUT2D eigenvalue weighted by Gasteiger charge is 2.05. The summed E-state index contributed by atoms with van der Waals surface area (Å²) in [5.74, 6) is 0.539. The molecular weight excluding hydrogens is 292 g/mol. The summed E-state index contributed by atoms with van der Waals surface area (Å²) < 4.78 is 11.2. The maximum atomic E-state index is 10.6. The number of hydrogen-bond donors (Lipinski definition) is 1. The van der Waals surface area contributed by atoms with E-state index in [0.29, 0.717) is 12.4 Å². The molecule has 0 aliphatic rings. The first-order chi connectivity index (χ1) is 11.1. The zero-order valence-electron chi connectivity index (χ0n) is 13.3. The molecule has 0 radical (unpaired) electrons. The minimum atomic E-state index is -0.977. The topological polar surface area (TPSA) is 55.8 Å². The Labute approximate surface area is 136 Å². The summed E-state index contributed by atoms with van der Waals surface area (Å²) in [5, 5.41) is 8.71. The molecule has 0 spiro atoms. The Balaban J connectivity index is 2.16. The average molecular weight is 312 g/mol. The zero-order chi connectivity index (χ0) is 16.7. The van der Waals surface area contributed by atoms with E-state index in [1.54, 1.807) is 19.3 Å². The van der Waals surface area contributed by atoms with Crippen LogP contribution in [0.15, 0.2) is 48.5 Å². The summed E-state index contributed by atoms with van der Waals surface area (Å²) in [7, 11) is 1.60. The van der Waals surface area contributed by atoms with Crippen molar-refractivity contribution in [1.29, 1.82) is 0 Å². The van der Waals surface area contributed by atoms with Gasteiger partial charge in [-0.15, -0.1) is 0 Å². The first-order valence-corrected chi connectivity index (χ1v) is 7.42. The van der Waals surface area contributed by atoms with Crippen LogP contribution in [0, 0.1) is 0 Å². The maximum absolute atomic E-state index is 10.6. The molecule has 2 aromatic rings. The normalized spacial score (nSPS) is 10.7. The molecule has 0 heterocycles. The highest BCUT2D eigenvalue weighted by atomic mass is 16.5. The molecule has 23 heavy (non-hydrogen) atoms. The van der Waals surface area contributed by atoms with Gasteiger partial charge in [-0.2, -0.15) is 0 Å². The number of carboxylic acid groups (broad SMARTS) is 1. The number of carbonyl (C=O) groups is 1. The summed E-state index contributed by atoms with van der Waals surface area (Å²) in [5.41, 5.74) is 2.86. The van der Waals surface area contributed by atoms with E-state index < -0.39 is 5.97 Å². The van der Waals surface area contributed by atoms with Crippen LogP contribution in [0.4, 0.5) is 0 Å². The minimum absolute atomic E-state index is 0.352. The van der Waals surface area contributed by atoms with Gasteiger partial charge in [0.15, 0.2) is 0 Å². The Kier molecular flexibility index (Phi) is 5.80. The van der Waals surface area contributed by atoms with Crippen LogP contribution < -0.4 is 9.47 Å². The second-order valence-electron chi connectivity index (χ2n) is 5.03.